The van der Waals surface area contributed by atoms with Gasteiger partial charge in [-0.15, -0.1) is 0 Å². The second-order valence-corrected chi connectivity index (χ2v) is 6.85. The summed E-state index contributed by atoms with van der Waals surface area (Å²) in [6.07, 6.45) is 8.70. The van der Waals surface area contributed by atoms with Gasteiger partial charge in [0, 0.05) is 12.7 Å². The summed E-state index contributed by atoms with van der Waals surface area (Å²) in [7, 11) is 0. The molecular weight excluding hydrogens is 340 g/mol. The quantitative estimate of drug-likeness (QED) is 0.728. The lowest BCUT2D eigenvalue weighted by Crippen LogP contribution is -2.40. The summed E-state index contributed by atoms with van der Waals surface area (Å²) in [4.78, 5) is 15.0. The first kappa shape index (κ1) is 17.5. The fourth-order valence-corrected chi connectivity index (χ4v) is 3.57. The van der Waals surface area contributed by atoms with Crippen LogP contribution in [0.15, 0.2) is 65.5 Å². The van der Waals surface area contributed by atoms with Crippen molar-refractivity contribution >= 4 is 5.91 Å². The normalized spacial score (nSPS) is 16.1. The van der Waals surface area contributed by atoms with E-state index in [2.05, 4.69) is 15.3 Å². The van der Waals surface area contributed by atoms with Crippen molar-refractivity contribution in [2.45, 2.75) is 25.3 Å². The summed E-state index contributed by atoms with van der Waals surface area (Å²) in [5.41, 5.74) is 1.48. The molecule has 6 nitrogen and oxygen atoms in total. The molecule has 0 radical (unpaired) electrons. The SMILES string of the molecule is O=C(NCC(c1ccco1)N1CCCCC1)c1cnn(-c2ccccc2)c1. The third-order valence-corrected chi connectivity index (χ3v) is 5.02. The highest BCUT2D eigenvalue weighted by Gasteiger charge is 2.25. The number of nitrogens with one attached hydrogen (secondary N) is 1. The van der Waals surface area contributed by atoms with E-state index in [0.717, 1.165) is 24.5 Å². The van der Waals surface area contributed by atoms with Crippen LogP contribution in [0, 0.1) is 0 Å². The predicted octanol–water partition coefficient (Wildman–Crippen LogP) is 3.42. The average Bonchev–Trinajstić information content (AvgIpc) is 3.42. The number of likely N-dealkylation sites (tertiary alicyclic amines) is 1. The van der Waals surface area contributed by atoms with Gasteiger partial charge < -0.3 is 9.73 Å². The number of carbonyl (C=O) groups excluding carboxylic acids is 1. The summed E-state index contributed by atoms with van der Waals surface area (Å²) < 4.78 is 7.35. The molecule has 1 saturated heterocycles. The lowest BCUT2D eigenvalue weighted by molar-refractivity contribution is 0.0914. The van der Waals surface area contributed by atoms with Gasteiger partial charge in [0.25, 0.3) is 5.91 Å². The molecule has 3 heterocycles. The number of piperidine rings is 1. The average molecular weight is 364 g/mol. The number of hydrogen-bond donors (Lipinski definition) is 1. The molecule has 2 aromatic heterocycles. The number of para-hydroxylation sites is 1. The summed E-state index contributed by atoms with van der Waals surface area (Å²) >= 11 is 0. The molecular formula is C21H24N4O2. The summed E-state index contributed by atoms with van der Waals surface area (Å²) in [6, 6.07) is 13.7. The number of rotatable bonds is 6. The van der Waals surface area contributed by atoms with Crippen molar-refractivity contribution in [3.63, 3.8) is 0 Å². The van der Waals surface area contributed by atoms with E-state index in [0.29, 0.717) is 12.1 Å². The highest BCUT2D eigenvalue weighted by Crippen LogP contribution is 2.24. The molecule has 6 heteroatoms. The monoisotopic (exact) mass is 364 g/mol. The lowest BCUT2D eigenvalue weighted by Gasteiger charge is -2.33. The van der Waals surface area contributed by atoms with Crippen LogP contribution in [0.4, 0.5) is 0 Å². The van der Waals surface area contributed by atoms with Gasteiger partial charge in [0.2, 0.25) is 0 Å². The molecule has 140 valence electrons. The van der Waals surface area contributed by atoms with Crippen LogP contribution < -0.4 is 5.32 Å². The Kier molecular flexibility index (Phi) is 5.34. The Bertz CT molecular complexity index is 851. The number of benzene rings is 1. The first-order valence-corrected chi connectivity index (χ1v) is 9.47. The van der Waals surface area contributed by atoms with Crippen molar-refractivity contribution in [1.82, 2.24) is 20.0 Å². The van der Waals surface area contributed by atoms with Gasteiger partial charge in [-0.1, -0.05) is 24.6 Å². The van der Waals surface area contributed by atoms with Gasteiger partial charge in [-0.05, 0) is 50.2 Å². The third-order valence-electron chi connectivity index (χ3n) is 5.02. The number of nitrogens with zero attached hydrogens (tertiary/aromatic N) is 3. The minimum atomic E-state index is -0.120. The number of carbonyl (C=O) groups is 1. The van der Waals surface area contributed by atoms with Crippen LogP contribution in [0.5, 0.6) is 0 Å². The minimum absolute atomic E-state index is 0.0634. The summed E-state index contributed by atoms with van der Waals surface area (Å²) in [6.45, 7) is 2.59. The fraction of sp³-hybridized carbons (Fsp3) is 0.333. The maximum absolute atomic E-state index is 12.6. The van der Waals surface area contributed by atoms with Crippen LogP contribution in [0.25, 0.3) is 5.69 Å². The van der Waals surface area contributed by atoms with Crippen LogP contribution in [0.3, 0.4) is 0 Å². The third kappa shape index (κ3) is 4.11. The van der Waals surface area contributed by atoms with Crippen LogP contribution in [0.2, 0.25) is 0 Å². The first-order chi connectivity index (χ1) is 13.3. The number of amides is 1. The number of furan rings is 1. The molecule has 1 aliphatic heterocycles. The van der Waals surface area contributed by atoms with Gasteiger partial charge in [0.05, 0.1) is 29.8 Å². The van der Waals surface area contributed by atoms with Crippen molar-refractivity contribution < 1.29 is 9.21 Å². The van der Waals surface area contributed by atoms with Crippen LogP contribution in [0.1, 0.15) is 41.4 Å². The Labute approximate surface area is 158 Å². The zero-order valence-electron chi connectivity index (χ0n) is 15.3. The van der Waals surface area contributed by atoms with Gasteiger partial charge in [0.1, 0.15) is 5.76 Å². The van der Waals surface area contributed by atoms with Gasteiger partial charge in [-0.25, -0.2) is 4.68 Å². The van der Waals surface area contributed by atoms with Crippen molar-refractivity contribution in [2.24, 2.45) is 0 Å². The molecule has 3 aromatic rings. The molecule has 1 aliphatic rings. The van der Waals surface area contributed by atoms with E-state index in [9.17, 15) is 4.79 Å². The number of aromatic nitrogens is 2. The Morgan fingerprint density at radius 2 is 1.93 bits per heavy atom. The molecule has 1 aromatic carbocycles. The highest BCUT2D eigenvalue weighted by molar-refractivity contribution is 5.93. The van der Waals surface area contributed by atoms with E-state index in [1.807, 2.05) is 42.5 Å². The second-order valence-electron chi connectivity index (χ2n) is 6.85. The topological polar surface area (TPSA) is 63.3 Å². The molecule has 4 rings (SSSR count). The lowest BCUT2D eigenvalue weighted by atomic mass is 10.1. The Balaban J connectivity index is 1.43. The van der Waals surface area contributed by atoms with Gasteiger partial charge in [-0.2, -0.15) is 5.10 Å². The van der Waals surface area contributed by atoms with Crippen molar-refractivity contribution in [3.05, 3.63) is 72.4 Å². The molecule has 0 spiro atoms. The predicted molar refractivity (Wildman–Crippen MR) is 103 cm³/mol. The van der Waals surface area contributed by atoms with Gasteiger partial charge in [-0.3, -0.25) is 9.69 Å². The Morgan fingerprint density at radius 3 is 2.67 bits per heavy atom. The number of hydrogen-bond acceptors (Lipinski definition) is 4. The van der Waals surface area contributed by atoms with E-state index in [1.54, 1.807) is 23.3 Å². The zero-order chi connectivity index (χ0) is 18.5. The first-order valence-electron chi connectivity index (χ1n) is 9.47. The smallest absolute Gasteiger partial charge is 0.254 e. The van der Waals surface area contributed by atoms with Gasteiger partial charge >= 0.3 is 0 Å². The van der Waals surface area contributed by atoms with E-state index < -0.39 is 0 Å². The largest absolute Gasteiger partial charge is 0.468 e. The van der Waals surface area contributed by atoms with E-state index >= 15 is 0 Å². The van der Waals surface area contributed by atoms with Crippen LogP contribution >= 0.6 is 0 Å². The Hall–Kier alpha value is -2.86. The maximum atomic E-state index is 12.6. The molecule has 1 N–H and O–H groups in total. The summed E-state index contributed by atoms with van der Waals surface area (Å²) in [5.74, 6) is 0.780. The van der Waals surface area contributed by atoms with Gasteiger partial charge in [0.15, 0.2) is 0 Å². The molecule has 1 fully saturated rings. The second kappa shape index (κ2) is 8.22. The summed E-state index contributed by atoms with van der Waals surface area (Å²) in [5, 5.41) is 7.36. The van der Waals surface area contributed by atoms with Crippen molar-refractivity contribution in [2.75, 3.05) is 19.6 Å². The van der Waals surface area contributed by atoms with Crippen molar-refractivity contribution in [3.8, 4) is 5.69 Å². The molecule has 27 heavy (non-hydrogen) atoms. The Morgan fingerprint density at radius 1 is 1.11 bits per heavy atom. The van der Waals surface area contributed by atoms with Crippen LogP contribution in [-0.4, -0.2) is 40.2 Å². The molecule has 1 amide bonds. The molecule has 0 bridgehead atoms. The van der Waals surface area contributed by atoms with E-state index in [-0.39, 0.29) is 11.9 Å². The minimum Gasteiger partial charge on any atom is -0.468 e. The molecule has 0 aliphatic carbocycles. The molecule has 0 saturated carbocycles. The standard InChI is InChI=1S/C21H24N4O2/c26-21(17-14-23-25(16-17)18-8-3-1-4-9-18)22-15-19(20-10-7-13-27-20)24-11-5-2-6-12-24/h1,3-4,7-10,13-14,16,19H,2,5-6,11-12,15H2,(H,22,26). The maximum Gasteiger partial charge on any atom is 0.254 e. The molecule has 1 atom stereocenters. The van der Waals surface area contributed by atoms with Crippen molar-refractivity contribution in [1.29, 1.82) is 0 Å². The highest BCUT2D eigenvalue weighted by atomic mass is 16.3. The van der Waals surface area contributed by atoms with Crippen LogP contribution in [-0.2, 0) is 0 Å². The molecule has 1 unspecified atom stereocenters. The fourth-order valence-electron chi connectivity index (χ4n) is 3.57. The van der Waals surface area contributed by atoms with E-state index in [1.165, 1.54) is 19.3 Å². The zero-order valence-corrected chi connectivity index (χ0v) is 15.3. The van der Waals surface area contributed by atoms with E-state index in [4.69, 9.17) is 4.42 Å².